The second-order valence-electron chi connectivity index (χ2n) is 15.0. The third-order valence-corrected chi connectivity index (χ3v) is 10.5. The normalized spacial score (nSPS) is 27.7. The molecule has 56 heavy (non-hydrogen) atoms. The second kappa shape index (κ2) is 25.4. The molecule has 0 radical (unpaired) electrons. The zero-order valence-corrected chi connectivity index (χ0v) is 34.2. The fraction of sp³-hybridized carbons (Fsp3) is 0.682. The minimum atomic E-state index is -1.55. The van der Waals surface area contributed by atoms with Crippen molar-refractivity contribution >= 4 is 11.9 Å². The Balaban J connectivity index is 0.000000342. The monoisotopic (exact) mass is 788 g/mol. The summed E-state index contributed by atoms with van der Waals surface area (Å²) >= 11 is 0. The molecule has 316 valence electrons. The van der Waals surface area contributed by atoms with Crippen molar-refractivity contribution in [1.82, 2.24) is 0 Å². The Morgan fingerprint density at radius 1 is 0.607 bits per heavy atom. The van der Waals surface area contributed by atoms with E-state index in [0.717, 1.165) is 56.1 Å². The Morgan fingerprint density at radius 3 is 1.46 bits per heavy atom. The van der Waals surface area contributed by atoms with Crippen LogP contribution in [0.15, 0.2) is 60.7 Å². The van der Waals surface area contributed by atoms with Crippen LogP contribution < -0.4 is 0 Å². The number of aliphatic hydroxyl groups is 4. The number of carbonyl (C=O) groups is 2. The maximum Gasteiger partial charge on any atom is 0.311 e. The van der Waals surface area contributed by atoms with Gasteiger partial charge >= 0.3 is 11.9 Å². The number of esters is 2. The maximum atomic E-state index is 13.2. The molecule has 2 aromatic rings. The van der Waals surface area contributed by atoms with Gasteiger partial charge in [-0.1, -0.05) is 128 Å². The molecule has 2 aliphatic heterocycles. The molecule has 0 spiro atoms. The van der Waals surface area contributed by atoms with Crippen LogP contribution in [-0.4, -0.2) is 94.3 Å². The Bertz CT molecular complexity index is 1350. The maximum absolute atomic E-state index is 13.2. The minimum Gasteiger partial charge on any atom is -0.433 e. The lowest BCUT2D eigenvalue weighted by atomic mass is 9.88. The Morgan fingerprint density at radius 2 is 1.04 bits per heavy atom. The standard InChI is InChI=1S/C30H42O5.C14H26O7/c1-5-14-25(15-6-2)29(31)35-30-28(33-21-24-18-12-9-13-19-24)27(22(4)26(7-3)34-30)32-20-23-16-10-8-11-17-23;1-3-5-8(6-4-2)13(19)21-14-12(18)11(17)10(16)9(7-15)20-14/h8-13,16-19,22,25-28,30H,5-7,14-15,20-21H2,1-4H3;8-12,14-18H,3-7H2,1-2H3/t22-,26-,27+,28-,30+;9-,10-,11+,12-,14+/m11/s1. The van der Waals surface area contributed by atoms with Gasteiger partial charge in [0.15, 0.2) is 0 Å². The van der Waals surface area contributed by atoms with Crippen molar-refractivity contribution in [3.8, 4) is 0 Å². The molecule has 4 N–H and O–H groups in total. The number of rotatable bonds is 20. The highest BCUT2D eigenvalue weighted by molar-refractivity contribution is 5.73. The molecular formula is C44H68O12. The van der Waals surface area contributed by atoms with Gasteiger partial charge in [-0.15, -0.1) is 0 Å². The molecular weight excluding hydrogens is 720 g/mol. The van der Waals surface area contributed by atoms with Crippen molar-refractivity contribution in [2.45, 2.75) is 168 Å². The average Bonchev–Trinajstić information content (AvgIpc) is 3.21. The lowest BCUT2D eigenvalue weighted by molar-refractivity contribution is -0.296. The molecule has 0 saturated carbocycles. The molecule has 2 aromatic carbocycles. The highest BCUT2D eigenvalue weighted by Crippen LogP contribution is 2.34. The van der Waals surface area contributed by atoms with Gasteiger partial charge in [-0.25, -0.2) is 0 Å². The molecule has 0 bridgehead atoms. The van der Waals surface area contributed by atoms with Crippen molar-refractivity contribution < 1.29 is 58.4 Å². The van der Waals surface area contributed by atoms with Crippen LogP contribution in [0.5, 0.6) is 0 Å². The van der Waals surface area contributed by atoms with Crippen LogP contribution in [0.3, 0.4) is 0 Å². The van der Waals surface area contributed by atoms with Gasteiger partial charge in [0, 0.05) is 5.92 Å². The largest absolute Gasteiger partial charge is 0.433 e. The summed E-state index contributed by atoms with van der Waals surface area (Å²) in [7, 11) is 0. The molecule has 2 fully saturated rings. The van der Waals surface area contributed by atoms with Crippen molar-refractivity contribution in [3.63, 3.8) is 0 Å². The Kier molecular flexibility index (Phi) is 21.5. The summed E-state index contributed by atoms with van der Waals surface area (Å²) in [5, 5.41) is 38.2. The van der Waals surface area contributed by atoms with E-state index < -0.39 is 55.7 Å². The summed E-state index contributed by atoms with van der Waals surface area (Å²) in [5.74, 6) is -1.01. The third kappa shape index (κ3) is 14.2. The van der Waals surface area contributed by atoms with Gasteiger partial charge in [0.05, 0.1) is 43.9 Å². The first-order chi connectivity index (χ1) is 27.0. The number of aliphatic hydroxyl groups excluding tert-OH is 4. The van der Waals surface area contributed by atoms with E-state index in [0.29, 0.717) is 26.1 Å². The minimum absolute atomic E-state index is 0.0825. The molecule has 0 unspecified atom stereocenters. The van der Waals surface area contributed by atoms with E-state index in [9.17, 15) is 24.9 Å². The first-order valence-electron chi connectivity index (χ1n) is 20.7. The van der Waals surface area contributed by atoms with E-state index in [-0.39, 0.29) is 35.9 Å². The summed E-state index contributed by atoms with van der Waals surface area (Å²) in [4.78, 5) is 25.3. The molecule has 2 aliphatic rings. The number of hydrogen-bond donors (Lipinski definition) is 4. The van der Waals surface area contributed by atoms with Crippen LogP contribution >= 0.6 is 0 Å². The topological polar surface area (TPSA) is 170 Å². The number of hydrogen-bond acceptors (Lipinski definition) is 12. The molecule has 0 amide bonds. The van der Waals surface area contributed by atoms with Gasteiger partial charge in [-0.05, 0) is 43.2 Å². The summed E-state index contributed by atoms with van der Waals surface area (Å²) < 4.78 is 35.6. The summed E-state index contributed by atoms with van der Waals surface area (Å²) in [6, 6.07) is 20.2. The van der Waals surface area contributed by atoms with E-state index >= 15 is 0 Å². The smallest absolute Gasteiger partial charge is 0.311 e. The molecule has 0 aromatic heterocycles. The summed E-state index contributed by atoms with van der Waals surface area (Å²) in [6.07, 6.45) is -1.36. The quantitative estimate of drug-likeness (QED) is 0.112. The predicted molar refractivity (Wildman–Crippen MR) is 211 cm³/mol. The van der Waals surface area contributed by atoms with Gasteiger partial charge in [0.2, 0.25) is 12.6 Å². The number of ether oxygens (including phenoxy) is 6. The van der Waals surface area contributed by atoms with Gasteiger partial charge in [0.1, 0.15) is 30.5 Å². The lowest BCUT2D eigenvalue weighted by Crippen LogP contribution is -2.59. The zero-order valence-electron chi connectivity index (χ0n) is 34.2. The molecule has 2 heterocycles. The number of carbonyl (C=O) groups excluding carboxylic acids is 2. The van der Waals surface area contributed by atoms with Crippen LogP contribution in [0, 0.1) is 17.8 Å². The first kappa shape index (κ1) is 47.4. The van der Waals surface area contributed by atoms with Crippen LogP contribution in [0.1, 0.15) is 110 Å². The van der Waals surface area contributed by atoms with E-state index in [1.807, 2.05) is 62.4 Å². The fourth-order valence-electron chi connectivity index (χ4n) is 7.30. The summed E-state index contributed by atoms with van der Waals surface area (Å²) in [5.41, 5.74) is 2.15. The Hall–Kier alpha value is -2.94. The van der Waals surface area contributed by atoms with Gasteiger partial charge in [0.25, 0.3) is 0 Å². The predicted octanol–water partition coefficient (Wildman–Crippen LogP) is 6.23. The van der Waals surface area contributed by atoms with Gasteiger partial charge in [-0.3, -0.25) is 9.59 Å². The zero-order chi connectivity index (χ0) is 41.0. The van der Waals surface area contributed by atoms with Crippen molar-refractivity contribution in [2.24, 2.45) is 17.8 Å². The van der Waals surface area contributed by atoms with Crippen LogP contribution in [0.25, 0.3) is 0 Å². The second-order valence-corrected chi connectivity index (χ2v) is 15.0. The van der Waals surface area contributed by atoms with Gasteiger partial charge in [-0.2, -0.15) is 0 Å². The highest BCUT2D eigenvalue weighted by atomic mass is 16.7. The lowest BCUT2D eigenvalue weighted by Gasteiger charge is -2.45. The summed E-state index contributed by atoms with van der Waals surface area (Å²) in [6.45, 7) is 12.7. The molecule has 12 nitrogen and oxygen atoms in total. The molecule has 0 aliphatic carbocycles. The van der Waals surface area contributed by atoms with Crippen molar-refractivity contribution in [2.75, 3.05) is 6.61 Å². The third-order valence-electron chi connectivity index (χ3n) is 10.5. The van der Waals surface area contributed by atoms with E-state index in [2.05, 4.69) is 39.8 Å². The van der Waals surface area contributed by atoms with Crippen LogP contribution in [0.4, 0.5) is 0 Å². The molecule has 10 atom stereocenters. The number of benzene rings is 2. The molecule has 12 heteroatoms. The molecule has 2 saturated heterocycles. The SMILES string of the molecule is CCCC(CCC)C(=O)O[C@@H]1O[C@H](CC)[C@@H](C)[C@H](OCc2ccccc2)[C@H]1OCc1ccccc1.CCCC(CCC)C(=O)O[C@@H]1O[C@H](CO)[C@@H](O)[C@H](O)[C@H]1O. The van der Waals surface area contributed by atoms with E-state index in [4.69, 9.17) is 33.5 Å². The van der Waals surface area contributed by atoms with Crippen LogP contribution in [-0.2, 0) is 51.2 Å². The van der Waals surface area contributed by atoms with Crippen LogP contribution in [0.2, 0.25) is 0 Å². The van der Waals surface area contributed by atoms with E-state index in [1.165, 1.54) is 0 Å². The van der Waals surface area contributed by atoms with Crippen molar-refractivity contribution in [1.29, 1.82) is 0 Å². The Labute approximate surface area is 333 Å². The van der Waals surface area contributed by atoms with Gasteiger partial charge < -0.3 is 48.8 Å². The average molecular weight is 789 g/mol. The fourth-order valence-corrected chi connectivity index (χ4v) is 7.30. The first-order valence-corrected chi connectivity index (χ1v) is 20.7. The molecule has 4 rings (SSSR count). The van der Waals surface area contributed by atoms with Crippen molar-refractivity contribution in [3.05, 3.63) is 71.8 Å². The highest BCUT2D eigenvalue weighted by Gasteiger charge is 2.48. The van der Waals surface area contributed by atoms with E-state index in [1.54, 1.807) is 0 Å².